The fraction of sp³-hybridized carbons (Fsp3) is 0.333. The molecule has 5 rings (SSSR count). The van der Waals surface area contributed by atoms with Gasteiger partial charge in [-0.1, -0.05) is 25.0 Å². The van der Waals surface area contributed by atoms with E-state index in [4.69, 9.17) is 19.4 Å². The summed E-state index contributed by atoms with van der Waals surface area (Å²) in [5.41, 5.74) is 1.84. The molecule has 1 aromatic heterocycles. The summed E-state index contributed by atoms with van der Waals surface area (Å²) < 4.78 is 10.9. The smallest absolute Gasteiger partial charge is 0.231 e. The molecule has 0 atom stereocenters. The molecular weight excluding hydrogens is 340 g/mol. The molecule has 2 aromatic carbocycles. The highest BCUT2D eigenvalue weighted by molar-refractivity contribution is 5.90. The Bertz CT molecular complexity index is 968. The predicted molar refractivity (Wildman–Crippen MR) is 106 cm³/mol. The molecule has 0 bridgehead atoms. The molecule has 138 valence electrons. The molecule has 0 aliphatic carbocycles. The van der Waals surface area contributed by atoms with Crippen LogP contribution in [0.15, 0.2) is 42.5 Å². The van der Waals surface area contributed by atoms with Crippen LogP contribution in [-0.4, -0.2) is 29.9 Å². The van der Waals surface area contributed by atoms with Gasteiger partial charge < -0.3 is 19.7 Å². The van der Waals surface area contributed by atoms with Crippen LogP contribution in [0.4, 0.5) is 17.5 Å². The molecule has 6 nitrogen and oxygen atoms in total. The summed E-state index contributed by atoms with van der Waals surface area (Å²) in [5, 5.41) is 4.44. The third-order valence-electron chi connectivity index (χ3n) is 5.12. The summed E-state index contributed by atoms with van der Waals surface area (Å²) in [6, 6.07) is 14.0. The maximum Gasteiger partial charge on any atom is 0.231 e. The normalized spacial score (nSPS) is 16.4. The van der Waals surface area contributed by atoms with Gasteiger partial charge in [-0.05, 0) is 37.1 Å². The lowest BCUT2D eigenvalue weighted by Crippen LogP contribution is -2.25. The Morgan fingerprint density at radius 1 is 0.852 bits per heavy atom. The number of ether oxygens (including phenoxy) is 2. The number of rotatable bonds is 3. The number of benzene rings is 2. The molecular formula is C21H22N4O2. The minimum Gasteiger partial charge on any atom is -0.454 e. The topological polar surface area (TPSA) is 59.5 Å². The Balaban J connectivity index is 1.52. The van der Waals surface area contributed by atoms with Crippen molar-refractivity contribution in [2.45, 2.75) is 25.7 Å². The second kappa shape index (κ2) is 6.95. The average molecular weight is 362 g/mol. The Hall–Kier alpha value is -3.02. The van der Waals surface area contributed by atoms with Gasteiger partial charge in [0, 0.05) is 30.2 Å². The first-order valence-electron chi connectivity index (χ1n) is 9.55. The predicted octanol–water partition coefficient (Wildman–Crippen LogP) is 4.48. The van der Waals surface area contributed by atoms with E-state index in [1.54, 1.807) is 0 Å². The first-order chi connectivity index (χ1) is 13.4. The number of fused-ring (bicyclic) bond motifs is 2. The van der Waals surface area contributed by atoms with Crippen LogP contribution in [0.5, 0.6) is 11.5 Å². The first-order valence-corrected chi connectivity index (χ1v) is 9.55. The zero-order chi connectivity index (χ0) is 18.1. The highest BCUT2D eigenvalue weighted by Gasteiger charge is 2.17. The van der Waals surface area contributed by atoms with Crippen molar-refractivity contribution in [3.05, 3.63) is 42.5 Å². The summed E-state index contributed by atoms with van der Waals surface area (Å²) in [5.74, 6) is 3.14. The minimum atomic E-state index is 0.268. The lowest BCUT2D eigenvalue weighted by molar-refractivity contribution is 0.174. The molecule has 3 heterocycles. The number of para-hydroxylation sites is 1. The van der Waals surface area contributed by atoms with Crippen LogP contribution in [-0.2, 0) is 0 Å². The van der Waals surface area contributed by atoms with E-state index in [1.807, 2.05) is 30.3 Å². The van der Waals surface area contributed by atoms with Crippen LogP contribution >= 0.6 is 0 Å². The van der Waals surface area contributed by atoms with Crippen molar-refractivity contribution in [1.82, 2.24) is 9.97 Å². The summed E-state index contributed by atoms with van der Waals surface area (Å²) in [7, 11) is 0. The highest BCUT2D eigenvalue weighted by atomic mass is 16.7. The van der Waals surface area contributed by atoms with Gasteiger partial charge in [0.1, 0.15) is 5.82 Å². The third-order valence-corrected chi connectivity index (χ3v) is 5.12. The van der Waals surface area contributed by atoms with Gasteiger partial charge in [-0.2, -0.15) is 4.98 Å². The second-order valence-electron chi connectivity index (χ2n) is 6.98. The second-order valence-corrected chi connectivity index (χ2v) is 6.98. The number of hydrogen-bond acceptors (Lipinski definition) is 6. The van der Waals surface area contributed by atoms with Gasteiger partial charge in [-0.3, -0.25) is 0 Å². The molecule has 27 heavy (non-hydrogen) atoms. The number of hydrogen-bond donors (Lipinski definition) is 1. The van der Waals surface area contributed by atoms with Crippen LogP contribution in [0.25, 0.3) is 10.9 Å². The fourth-order valence-electron chi connectivity index (χ4n) is 3.74. The number of anilines is 3. The Morgan fingerprint density at radius 2 is 1.67 bits per heavy atom. The maximum atomic E-state index is 5.47. The molecule has 1 fully saturated rings. The molecule has 3 aromatic rings. The molecule has 6 heteroatoms. The van der Waals surface area contributed by atoms with Crippen LogP contribution in [0.1, 0.15) is 25.7 Å². The third kappa shape index (κ3) is 3.23. The molecule has 0 spiro atoms. The SMILES string of the molecule is c1ccc2c(N3CCCCCC3)nc(Nc3ccc4c(c3)OCO4)nc2c1. The van der Waals surface area contributed by atoms with Crippen LogP contribution < -0.4 is 19.7 Å². The monoisotopic (exact) mass is 362 g/mol. The summed E-state index contributed by atoms with van der Waals surface area (Å²) in [4.78, 5) is 12.0. The van der Waals surface area contributed by atoms with Gasteiger partial charge in [0.2, 0.25) is 12.7 Å². The average Bonchev–Trinajstić information content (AvgIpc) is 2.99. The molecule has 1 saturated heterocycles. The van der Waals surface area contributed by atoms with Gasteiger partial charge in [0.25, 0.3) is 0 Å². The molecule has 0 saturated carbocycles. The zero-order valence-electron chi connectivity index (χ0n) is 15.1. The van der Waals surface area contributed by atoms with Gasteiger partial charge >= 0.3 is 0 Å². The van der Waals surface area contributed by atoms with Crippen molar-refractivity contribution >= 4 is 28.4 Å². The summed E-state index contributed by atoms with van der Waals surface area (Å²) in [6.07, 6.45) is 5.01. The van der Waals surface area contributed by atoms with Crippen molar-refractivity contribution in [3.8, 4) is 11.5 Å². The van der Waals surface area contributed by atoms with Crippen molar-refractivity contribution in [2.75, 3.05) is 30.1 Å². The fourth-order valence-corrected chi connectivity index (χ4v) is 3.74. The van der Waals surface area contributed by atoms with E-state index in [0.717, 1.165) is 47.0 Å². The summed E-state index contributed by atoms with van der Waals surface area (Å²) in [6.45, 7) is 2.36. The van der Waals surface area contributed by atoms with Crippen molar-refractivity contribution < 1.29 is 9.47 Å². The molecule has 2 aliphatic rings. The lowest BCUT2D eigenvalue weighted by atomic mass is 10.2. The Morgan fingerprint density at radius 3 is 2.56 bits per heavy atom. The van der Waals surface area contributed by atoms with Gasteiger partial charge in [0.05, 0.1) is 5.52 Å². The number of nitrogens with one attached hydrogen (secondary N) is 1. The molecule has 0 radical (unpaired) electrons. The first kappa shape index (κ1) is 16.2. The van der Waals surface area contributed by atoms with Gasteiger partial charge in [-0.15, -0.1) is 0 Å². The molecule has 0 unspecified atom stereocenters. The van der Waals surface area contributed by atoms with E-state index in [2.05, 4.69) is 22.3 Å². The summed E-state index contributed by atoms with van der Waals surface area (Å²) >= 11 is 0. The quantitative estimate of drug-likeness (QED) is 0.741. The van der Waals surface area contributed by atoms with Gasteiger partial charge in [0.15, 0.2) is 11.5 Å². The van der Waals surface area contributed by atoms with Crippen molar-refractivity contribution in [2.24, 2.45) is 0 Å². The number of nitrogens with zero attached hydrogens (tertiary/aromatic N) is 3. The largest absolute Gasteiger partial charge is 0.454 e. The Kier molecular flexibility index (Phi) is 4.16. The van der Waals surface area contributed by atoms with Crippen LogP contribution in [0.2, 0.25) is 0 Å². The number of aromatic nitrogens is 2. The highest BCUT2D eigenvalue weighted by Crippen LogP contribution is 2.35. The van der Waals surface area contributed by atoms with E-state index < -0.39 is 0 Å². The van der Waals surface area contributed by atoms with E-state index in [-0.39, 0.29) is 6.79 Å². The van der Waals surface area contributed by atoms with E-state index in [9.17, 15) is 0 Å². The van der Waals surface area contributed by atoms with E-state index in [1.165, 1.54) is 25.7 Å². The lowest BCUT2D eigenvalue weighted by Gasteiger charge is -2.23. The molecule has 0 amide bonds. The van der Waals surface area contributed by atoms with Crippen molar-refractivity contribution in [1.29, 1.82) is 0 Å². The maximum absolute atomic E-state index is 5.47. The van der Waals surface area contributed by atoms with Crippen LogP contribution in [0, 0.1) is 0 Å². The van der Waals surface area contributed by atoms with Crippen molar-refractivity contribution in [3.63, 3.8) is 0 Å². The minimum absolute atomic E-state index is 0.268. The standard InChI is InChI=1S/C21H22N4O2/c1-2-6-12-25(11-5-1)20-16-7-3-4-8-17(16)23-21(24-20)22-15-9-10-18-19(13-15)27-14-26-18/h3-4,7-10,13H,1-2,5-6,11-12,14H2,(H,22,23,24). The zero-order valence-corrected chi connectivity index (χ0v) is 15.1. The molecule has 2 aliphatic heterocycles. The van der Waals surface area contributed by atoms with Gasteiger partial charge in [-0.25, -0.2) is 4.98 Å². The van der Waals surface area contributed by atoms with Crippen LogP contribution in [0.3, 0.4) is 0 Å². The molecule has 1 N–H and O–H groups in total. The Labute approximate surface area is 158 Å². The van der Waals surface area contributed by atoms with E-state index >= 15 is 0 Å². The van der Waals surface area contributed by atoms with E-state index in [0.29, 0.717) is 5.95 Å².